The third kappa shape index (κ3) is 7.19. The summed E-state index contributed by atoms with van der Waals surface area (Å²) in [6.07, 6.45) is 4.29. The summed E-state index contributed by atoms with van der Waals surface area (Å²) in [6, 6.07) is 13.1. The number of nitrogens with one attached hydrogen (secondary N) is 3. The van der Waals surface area contributed by atoms with Crippen molar-refractivity contribution in [2.75, 3.05) is 38.7 Å². The fraction of sp³-hybridized carbons (Fsp3) is 0.371. The fourth-order valence-electron chi connectivity index (χ4n) is 6.39. The van der Waals surface area contributed by atoms with Gasteiger partial charge in [-0.15, -0.1) is 0 Å². The molecule has 0 radical (unpaired) electrons. The maximum Gasteiger partial charge on any atom is 0.291 e. The van der Waals surface area contributed by atoms with Crippen LogP contribution in [0.25, 0.3) is 22.4 Å². The first-order valence-electron chi connectivity index (χ1n) is 16.0. The number of halogens is 3. The lowest BCUT2D eigenvalue weighted by Gasteiger charge is -2.28. The average molecular weight is 695 g/mol. The number of methoxy groups -OCH3 is 1. The van der Waals surface area contributed by atoms with Crippen LogP contribution < -0.4 is 20.7 Å². The number of carbonyl (C=O) groups excluding carboxylic acids is 2. The third-order valence-corrected chi connectivity index (χ3v) is 9.68. The van der Waals surface area contributed by atoms with Gasteiger partial charge in [0.25, 0.3) is 5.91 Å². The van der Waals surface area contributed by atoms with Crippen LogP contribution in [-0.2, 0) is 31.4 Å². The van der Waals surface area contributed by atoms with E-state index in [0.29, 0.717) is 76.6 Å². The number of ether oxygens (including phenoxy) is 1. The van der Waals surface area contributed by atoms with E-state index in [-0.39, 0.29) is 24.5 Å². The average Bonchev–Trinajstić information content (AvgIpc) is 3.65. The zero-order valence-electron chi connectivity index (χ0n) is 26.9. The highest BCUT2D eigenvalue weighted by molar-refractivity contribution is 6.39. The molecule has 4 aromatic rings. The van der Waals surface area contributed by atoms with Gasteiger partial charge in [-0.25, -0.2) is 4.98 Å². The second kappa shape index (κ2) is 15.0. The predicted octanol–water partition coefficient (Wildman–Crippen LogP) is 5.80. The SMILES string of the molecule is COc1cc(-c2nccc(-c3cccc(NC(=O)c4nc5c(n4C)CCN(C[C@H]4CCC(=O)N4)C5)c3Cl)c2Cl)ccc1CNCCCF. The van der Waals surface area contributed by atoms with E-state index in [4.69, 9.17) is 32.9 Å². The van der Waals surface area contributed by atoms with Crippen LogP contribution in [0, 0.1) is 0 Å². The molecule has 252 valence electrons. The molecule has 6 rings (SSSR count). The Morgan fingerprint density at radius 3 is 2.75 bits per heavy atom. The molecule has 1 atom stereocenters. The van der Waals surface area contributed by atoms with Crippen molar-refractivity contribution in [2.45, 2.75) is 44.8 Å². The van der Waals surface area contributed by atoms with E-state index in [1.807, 2.05) is 41.9 Å². The summed E-state index contributed by atoms with van der Waals surface area (Å²) in [4.78, 5) is 36.7. The van der Waals surface area contributed by atoms with Gasteiger partial charge >= 0.3 is 0 Å². The van der Waals surface area contributed by atoms with Crippen LogP contribution in [0.15, 0.2) is 48.7 Å². The molecule has 2 aromatic heterocycles. The number of carbonyl (C=O) groups is 2. The van der Waals surface area contributed by atoms with Crippen LogP contribution in [-0.4, -0.2) is 70.7 Å². The molecule has 0 bridgehead atoms. The van der Waals surface area contributed by atoms with Gasteiger partial charge in [-0.2, -0.15) is 0 Å². The van der Waals surface area contributed by atoms with Crippen molar-refractivity contribution in [1.29, 1.82) is 0 Å². The van der Waals surface area contributed by atoms with E-state index in [0.717, 1.165) is 48.4 Å². The number of nitrogens with zero attached hydrogens (tertiary/aromatic N) is 4. The number of aromatic nitrogens is 3. The van der Waals surface area contributed by atoms with E-state index in [1.165, 1.54) is 0 Å². The molecule has 10 nitrogen and oxygen atoms in total. The number of imidazole rings is 1. The summed E-state index contributed by atoms with van der Waals surface area (Å²) in [5, 5.41) is 9.94. The number of pyridine rings is 1. The number of hydrogen-bond acceptors (Lipinski definition) is 7. The zero-order chi connectivity index (χ0) is 33.8. The summed E-state index contributed by atoms with van der Waals surface area (Å²) in [5.74, 6) is 0.703. The second-order valence-electron chi connectivity index (χ2n) is 12.1. The highest BCUT2D eigenvalue weighted by atomic mass is 35.5. The number of amides is 2. The van der Waals surface area contributed by atoms with Gasteiger partial charge in [0.2, 0.25) is 5.91 Å². The van der Waals surface area contributed by atoms with E-state index < -0.39 is 0 Å². The zero-order valence-corrected chi connectivity index (χ0v) is 28.4. The number of hydrogen-bond donors (Lipinski definition) is 3. The molecule has 1 fully saturated rings. The first-order chi connectivity index (χ1) is 23.3. The Labute approximate surface area is 289 Å². The first kappa shape index (κ1) is 33.9. The largest absolute Gasteiger partial charge is 0.496 e. The topological polar surface area (TPSA) is 113 Å². The minimum atomic E-state index is -0.367. The van der Waals surface area contributed by atoms with Gasteiger partial charge in [-0.3, -0.25) is 23.9 Å². The summed E-state index contributed by atoms with van der Waals surface area (Å²) in [7, 11) is 3.46. The van der Waals surface area contributed by atoms with Crippen LogP contribution in [0.4, 0.5) is 10.1 Å². The molecule has 2 aromatic carbocycles. The van der Waals surface area contributed by atoms with E-state index >= 15 is 0 Å². The third-order valence-electron chi connectivity index (χ3n) is 8.89. The standard InChI is InChI=1S/C35H38Cl2FN7O3/c1-44-28-12-16-45(19-23-9-10-30(46)41-23)20-27(28)42-34(44)35(47)43-26-6-3-5-24(31(26)36)25-11-15-40-33(32(25)37)21-7-8-22(29(17-21)48-2)18-39-14-4-13-38/h3,5-8,11,15,17,23,39H,4,9-10,12-14,16,18-20H2,1-2H3,(H,41,46)(H,43,47)/t23-/m1/s1. The van der Waals surface area contributed by atoms with Crippen LogP contribution in [0.2, 0.25) is 10.0 Å². The Morgan fingerprint density at radius 1 is 1.15 bits per heavy atom. The Balaban J connectivity index is 1.20. The van der Waals surface area contributed by atoms with Gasteiger partial charge in [-0.05, 0) is 37.6 Å². The normalized spacial score (nSPS) is 16.1. The summed E-state index contributed by atoms with van der Waals surface area (Å²) in [6.45, 7) is 2.97. The number of anilines is 1. The van der Waals surface area contributed by atoms with Gasteiger partial charge in [0.05, 0.1) is 40.9 Å². The molecule has 2 aliphatic heterocycles. The van der Waals surface area contributed by atoms with Gasteiger partial charge in [0, 0.05) is 86.3 Å². The van der Waals surface area contributed by atoms with Crippen molar-refractivity contribution in [2.24, 2.45) is 7.05 Å². The molecular weight excluding hydrogens is 656 g/mol. The summed E-state index contributed by atoms with van der Waals surface area (Å²) in [5.41, 5.74) is 5.87. The monoisotopic (exact) mass is 693 g/mol. The Hall–Kier alpha value is -4.03. The lowest BCUT2D eigenvalue weighted by atomic mass is 10.0. The minimum Gasteiger partial charge on any atom is -0.496 e. The molecule has 0 spiro atoms. The van der Waals surface area contributed by atoms with Crippen LogP contribution >= 0.6 is 23.2 Å². The Kier molecular flexibility index (Phi) is 10.6. The highest BCUT2D eigenvalue weighted by Crippen LogP contribution is 2.41. The van der Waals surface area contributed by atoms with Crippen molar-refractivity contribution in [3.05, 3.63) is 81.5 Å². The van der Waals surface area contributed by atoms with Crippen LogP contribution in [0.3, 0.4) is 0 Å². The molecule has 3 N–H and O–H groups in total. The number of fused-ring (bicyclic) bond motifs is 1. The molecule has 1 saturated heterocycles. The lowest BCUT2D eigenvalue weighted by Crippen LogP contribution is -2.41. The Bertz CT molecular complexity index is 1830. The quantitative estimate of drug-likeness (QED) is 0.161. The van der Waals surface area contributed by atoms with E-state index in [1.54, 1.807) is 25.4 Å². The van der Waals surface area contributed by atoms with Crippen LogP contribution in [0.5, 0.6) is 5.75 Å². The van der Waals surface area contributed by atoms with Crippen molar-refractivity contribution in [1.82, 2.24) is 30.1 Å². The molecule has 13 heteroatoms. The molecule has 0 unspecified atom stereocenters. The maximum atomic E-state index is 13.6. The molecule has 0 saturated carbocycles. The van der Waals surface area contributed by atoms with E-state index in [9.17, 15) is 14.0 Å². The van der Waals surface area contributed by atoms with Crippen molar-refractivity contribution < 1.29 is 18.7 Å². The number of benzene rings is 2. The van der Waals surface area contributed by atoms with Gasteiger partial charge in [0.15, 0.2) is 5.82 Å². The van der Waals surface area contributed by atoms with E-state index in [2.05, 4.69) is 25.8 Å². The summed E-state index contributed by atoms with van der Waals surface area (Å²) < 4.78 is 19.9. The number of alkyl halides is 1. The smallest absolute Gasteiger partial charge is 0.291 e. The highest BCUT2D eigenvalue weighted by Gasteiger charge is 2.29. The molecule has 0 aliphatic carbocycles. The maximum absolute atomic E-state index is 13.6. The van der Waals surface area contributed by atoms with Crippen molar-refractivity contribution in [3.8, 4) is 28.1 Å². The molecule has 48 heavy (non-hydrogen) atoms. The van der Waals surface area contributed by atoms with Gasteiger partial charge in [0.1, 0.15) is 5.75 Å². The summed E-state index contributed by atoms with van der Waals surface area (Å²) >= 11 is 13.9. The fourth-order valence-corrected chi connectivity index (χ4v) is 6.99. The van der Waals surface area contributed by atoms with Crippen molar-refractivity contribution in [3.63, 3.8) is 0 Å². The first-order valence-corrected chi connectivity index (χ1v) is 16.8. The molecular formula is C35H38Cl2FN7O3. The predicted molar refractivity (Wildman–Crippen MR) is 185 cm³/mol. The molecule has 4 heterocycles. The second-order valence-corrected chi connectivity index (χ2v) is 12.8. The van der Waals surface area contributed by atoms with Crippen LogP contribution in [0.1, 0.15) is 46.8 Å². The lowest BCUT2D eigenvalue weighted by molar-refractivity contribution is -0.119. The minimum absolute atomic E-state index is 0.103. The number of rotatable bonds is 12. The van der Waals surface area contributed by atoms with Crippen molar-refractivity contribution >= 4 is 40.7 Å². The van der Waals surface area contributed by atoms with Gasteiger partial charge < -0.3 is 25.3 Å². The molecule has 2 aliphatic rings. The Morgan fingerprint density at radius 2 is 1.98 bits per heavy atom. The molecule has 2 amide bonds. The van der Waals surface area contributed by atoms with Gasteiger partial charge in [-0.1, -0.05) is 47.5 Å².